The molecule has 0 aromatic carbocycles. The van der Waals surface area contributed by atoms with Crippen LogP contribution in [0.1, 0.15) is 59.7 Å². The summed E-state index contributed by atoms with van der Waals surface area (Å²) in [6, 6.07) is 3.09. The molecule has 1 saturated carbocycles. The molecule has 2 rings (SSSR count). The molecule has 0 aliphatic heterocycles. The third-order valence-electron chi connectivity index (χ3n) is 4.30. The molecule has 114 valence electrons. The van der Waals surface area contributed by atoms with Crippen LogP contribution in [0.25, 0.3) is 0 Å². The molecule has 3 atom stereocenters. The zero-order valence-corrected chi connectivity index (χ0v) is 12.7. The van der Waals surface area contributed by atoms with Crippen molar-refractivity contribution in [3.8, 4) is 0 Å². The molecule has 1 aliphatic carbocycles. The van der Waals surface area contributed by atoms with Crippen LogP contribution in [0.3, 0.4) is 0 Å². The Bertz CT molecular complexity index is 556. The fourth-order valence-corrected chi connectivity index (χ4v) is 3.04. The highest BCUT2D eigenvalue weighted by atomic mass is 16.4. The highest BCUT2D eigenvalue weighted by molar-refractivity contribution is 5.94. The van der Waals surface area contributed by atoms with Gasteiger partial charge in [0.05, 0.1) is 11.3 Å². The number of carboxylic acids is 1. The van der Waals surface area contributed by atoms with E-state index in [4.69, 9.17) is 5.11 Å². The number of nitrogens with zero attached hydrogens (tertiary/aromatic N) is 1. The normalized spacial score (nSPS) is 25.4. The van der Waals surface area contributed by atoms with E-state index >= 15 is 0 Å². The maximum Gasteiger partial charge on any atom is 0.337 e. The first-order valence-electron chi connectivity index (χ1n) is 7.40. The number of hydrogen-bond acceptors (Lipinski definition) is 3. The van der Waals surface area contributed by atoms with Gasteiger partial charge in [-0.2, -0.15) is 0 Å². The number of aromatic nitrogens is 1. The van der Waals surface area contributed by atoms with Crippen LogP contribution < -0.4 is 5.32 Å². The van der Waals surface area contributed by atoms with Gasteiger partial charge in [0.1, 0.15) is 5.69 Å². The van der Waals surface area contributed by atoms with E-state index in [9.17, 15) is 9.59 Å². The van der Waals surface area contributed by atoms with Crippen LogP contribution in [-0.2, 0) is 0 Å². The molecular formula is C16H22N2O3. The Hall–Kier alpha value is -1.91. The minimum atomic E-state index is -1.03. The molecule has 2 N–H and O–H groups in total. The maximum atomic E-state index is 12.3. The highest BCUT2D eigenvalue weighted by Gasteiger charge is 2.27. The molecule has 1 fully saturated rings. The number of amides is 1. The van der Waals surface area contributed by atoms with Crippen molar-refractivity contribution in [2.24, 2.45) is 11.8 Å². The molecule has 1 aliphatic rings. The van der Waals surface area contributed by atoms with E-state index in [1.165, 1.54) is 12.1 Å². The monoisotopic (exact) mass is 290 g/mol. The average molecular weight is 290 g/mol. The molecule has 0 radical (unpaired) electrons. The summed E-state index contributed by atoms with van der Waals surface area (Å²) in [6.07, 6.45) is 3.23. The Morgan fingerprint density at radius 1 is 1.29 bits per heavy atom. The Labute approximate surface area is 124 Å². The molecule has 1 aromatic rings. The van der Waals surface area contributed by atoms with Gasteiger partial charge in [-0.25, -0.2) is 9.78 Å². The van der Waals surface area contributed by atoms with Gasteiger partial charge in [0, 0.05) is 6.04 Å². The first kappa shape index (κ1) is 15.5. The summed E-state index contributed by atoms with van der Waals surface area (Å²) in [5.74, 6) is -0.0799. The molecule has 0 spiro atoms. The highest BCUT2D eigenvalue weighted by Crippen LogP contribution is 2.28. The molecular weight excluding hydrogens is 268 g/mol. The van der Waals surface area contributed by atoms with E-state index in [1.807, 2.05) is 0 Å². The van der Waals surface area contributed by atoms with E-state index in [1.54, 1.807) is 6.92 Å². The van der Waals surface area contributed by atoms with Gasteiger partial charge >= 0.3 is 5.97 Å². The van der Waals surface area contributed by atoms with Crippen LogP contribution in [0.15, 0.2) is 12.1 Å². The lowest BCUT2D eigenvalue weighted by Crippen LogP contribution is -2.42. The smallest absolute Gasteiger partial charge is 0.337 e. The van der Waals surface area contributed by atoms with E-state index < -0.39 is 5.97 Å². The zero-order valence-electron chi connectivity index (χ0n) is 12.7. The van der Waals surface area contributed by atoms with Crippen molar-refractivity contribution in [3.63, 3.8) is 0 Å². The number of pyridine rings is 1. The van der Waals surface area contributed by atoms with Crippen LogP contribution >= 0.6 is 0 Å². The molecule has 1 aromatic heterocycles. The molecule has 0 saturated heterocycles. The van der Waals surface area contributed by atoms with Crippen LogP contribution in [0, 0.1) is 18.8 Å². The first-order valence-corrected chi connectivity index (χ1v) is 7.40. The van der Waals surface area contributed by atoms with E-state index in [0.29, 0.717) is 17.5 Å². The van der Waals surface area contributed by atoms with Crippen molar-refractivity contribution in [2.45, 2.75) is 46.1 Å². The maximum absolute atomic E-state index is 12.3. The minimum Gasteiger partial charge on any atom is -0.478 e. The van der Waals surface area contributed by atoms with Crippen LogP contribution in [0.2, 0.25) is 0 Å². The Kier molecular flexibility index (Phi) is 4.60. The van der Waals surface area contributed by atoms with Crippen LogP contribution in [-0.4, -0.2) is 28.0 Å². The van der Waals surface area contributed by atoms with E-state index in [2.05, 4.69) is 24.1 Å². The van der Waals surface area contributed by atoms with Gasteiger partial charge in [0.25, 0.3) is 5.91 Å². The summed E-state index contributed by atoms with van der Waals surface area (Å²) in [5.41, 5.74) is 0.773. The number of nitrogens with one attached hydrogen (secondary N) is 1. The lowest BCUT2D eigenvalue weighted by molar-refractivity contribution is 0.0694. The largest absolute Gasteiger partial charge is 0.478 e. The molecule has 21 heavy (non-hydrogen) atoms. The summed E-state index contributed by atoms with van der Waals surface area (Å²) < 4.78 is 0. The van der Waals surface area contributed by atoms with Crippen LogP contribution in [0.5, 0.6) is 0 Å². The number of hydrogen-bond donors (Lipinski definition) is 2. The summed E-state index contributed by atoms with van der Waals surface area (Å²) in [5, 5.41) is 12.0. The number of rotatable bonds is 3. The molecule has 5 nitrogen and oxygen atoms in total. The third-order valence-corrected chi connectivity index (χ3v) is 4.30. The number of aryl methyl sites for hydroxylation is 1. The SMILES string of the molecule is Cc1nc(C(=O)NC2CCC(C)CC2C)ccc1C(=O)O. The van der Waals surface area contributed by atoms with Crippen molar-refractivity contribution in [1.82, 2.24) is 10.3 Å². The number of aromatic carboxylic acids is 1. The average Bonchev–Trinajstić information content (AvgIpc) is 2.41. The number of carbonyl (C=O) groups excluding carboxylic acids is 1. The standard InChI is InChI=1S/C16H22N2O3/c1-9-4-6-13(10(2)8-9)18-15(19)14-7-5-12(16(20)21)11(3)17-14/h5,7,9-10,13H,4,6,8H2,1-3H3,(H,18,19)(H,20,21). The lowest BCUT2D eigenvalue weighted by Gasteiger charge is -2.33. The van der Waals surface area contributed by atoms with Gasteiger partial charge in [-0.1, -0.05) is 13.8 Å². The number of carbonyl (C=O) groups is 2. The minimum absolute atomic E-state index is 0.131. The van der Waals surface area contributed by atoms with Gasteiger partial charge in [-0.3, -0.25) is 4.79 Å². The predicted molar refractivity (Wildman–Crippen MR) is 79.4 cm³/mol. The third kappa shape index (κ3) is 3.60. The van der Waals surface area contributed by atoms with E-state index in [-0.39, 0.29) is 23.2 Å². The van der Waals surface area contributed by atoms with Crippen molar-refractivity contribution >= 4 is 11.9 Å². The molecule has 1 amide bonds. The fraction of sp³-hybridized carbons (Fsp3) is 0.562. The zero-order chi connectivity index (χ0) is 15.6. The van der Waals surface area contributed by atoms with Gasteiger partial charge in [0.2, 0.25) is 0 Å². The summed E-state index contributed by atoms with van der Waals surface area (Å²) in [7, 11) is 0. The number of carboxylic acid groups (broad SMARTS) is 1. The summed E-state index contributed by atoms with van der Waals surface area (Å²) >= 11 is 0. The van der Waals surface area contributed by atoms with Crippen molar-refractivity contribution < 1.29 is 14.7 Å². The topological polar surface area (TPSA) is 79.3 Å². The van der Waals surface area contributed by atoms with Gasteiger partial charge in [-0.15, -0.1) is 0 Å². The van der Waals surface area contributed by atoms with Gasteiger partial charge < -0.3 is 10.4 Å². The molecule has 0 bridgehead atoms. The second-order valence-corrected chi connectivity index (χ2v) is 6.11. The Morgan fingerprint density at radius 3 is 2.57 bits per heavy atom. The first-order chi connectivity index (χ1) is 9.88. The molecule has 5 heteroatoms. The molecule has 3 unspecified atom stereocenters. The second kappa shape index (κ2) is 6.24. The second-order valence-electron chi connectivity index (χ2n) is 6.11. The quantitative estimate of drug-likeness (QED) is 0.897. The fourth-order valence-electron chi connectivity index (χ4n) is 3.04. The summed E-state index contributed by atoms with van der Waals surface area (Å²) in [6.45, 7) is 6.00. The van der Waals surface area contributed by atoms with E-state index in [0.717, 1.165) is 19.3 Å². The lowest BCUT2D eigenvalue weighted by atomic mass is 9.80. The van der Waals surface area contributed by atoms with Crippen molar-refractivity contribution in [2.75, 3.05) is 0 Å². The van der Waals surface area contributed by atoms with Gasteiger partial charge in [-0.05, 0) is 50.2 Å². The van der Waals surface area contributed by atoms with Crippen molar-refractivity contribution in [1.29, 1.82) is 0 Å². The van der Waals surface area contributed by atoms with Gasteiger partial charge in [0.15, 0.2) is 0 Å². The van der Waals surface area contributed by atoms with Crippen molar-refractivity contribution in [3.05, 3.63) is 29.1 Å². The Morgan fingerprint density at radius 2 is 2.00 bits per heavy atom. The molecule has 1 heterocycles. The van der Waals surface area contributed by atoms with Crippen LogP contribution in [0.4, 0.5) is 0 Å². The predicted octanol–water partition coefficient (Wildman–Crippen LogP) is 2.64. The Balaban J connectivity index is 2.07. The summed E-state index contributed by atoms with van der Waals surface area (Å²) in [4.78, 5) is 27.3.